The zero-order valence-electron chi connectivity index (χ0n) is 17.6. The highest BCUT2D eigenvalue weighted by molar-refractivity contribution is 5.92. The summed E-state index contributed by atoms with van der Waals surface area (Å²) in [6.07, 6.45) is 4.57. The minimum absolute atomic E-state index is 0.0212. The van der Waals surface area contributed by atoms with Crippen molar-refractivity contribution < 1.29 is 9.53 Å². The van der Waals surface area contributed by atoms with E-state index in [1.807, 2.05) is 29.2 Å². The summed E-state index contributed by atoms with van der Waals surface area (Å²) in [5, 5.41) is 3.55. The Morgan fingerprint density at radius 2 is 2.00 bits per heavy atom. The molecule has 2 aliphatic heterocycles. The van der Waals surface area contributed by atoms with Gasteiger partial charge in [0.25, 0.3) is 5.56 Å². The van der Waals surface area contributed by atoms with Crippen molar-refractivity contribution in [3.8, 4) is 5.75 Å². The summed E-state index contributed by atoms with van der Waals surface area (Å²) in [7, 11) is 1.66. The number of methoxy groups -OCH3 is 1. The molecule has 0 bridgehead atoms. The Morgan fingerprint density at radius 3 is 2.81 bits per heavy atom. The van der Waals surface area contributed by atoms with Gasteiger partial charge in [-0.25, -0.2) is 9.78 Å². The Kier molecular flexibility index (Phi) is 5.10. The molecule has 3 heterocycles. The van der Waals surface area contributed by atoms with Crippen LogP contribution in [0.5, 0.6) is 5.75 Å². The highest BCUT2D eigenvalue weighted by Gasteiger charge is 2.29. The van der Waals surface area contributed by atoms with Crippen molar-refractivity contribution in [1.82, 2.24) is 14.5 Å². The van der Waals surface area contributed by atoms with Gasteiger partial charge in [-0.05, 0) is 61.6 Å². The summed E-state index contributed by atoms with van der Waals surface area (Å²) < 4.78 is 6.97. The molecule has 160 valence electrons. The summed E-state index contributed by atoms with van der Waals surface area (Å²) >= 11 is 0. The fourth-order valence-electron chi connectivity index (χ4n) is 4.71. The average molecular weight is 418 g/mol. The Balaban J connectivity index is 1.32. The van der Waals surface area contributed by atoms with E-state index in [9.17, 15) is 9.59 Å². The van der Waals surface area contributed by atoms with Gasteiger partial charge in [0.1, 0.15) is 11.6 Å². The first-order valence-corrected chi connectivity index (χ1v) is 10.9. The van der Waals surface area contributed by atoms with Crippen LogP contribution in [0, 0.1) is 0 Å². The van der Waals surface area contributed by atoms with Crippen molar-refractivity contribution >= 4 is 22.6 Å². The number of aromatic nitrogens is 2. The fraction of sp³-hybridized carbons (Fsp3) is 0.375. The molecule has 2 aliphatic rings. The van der Waals surface area contributed by atoms with Crippen LogP contribution in [0.3, 0.4) is 0 Å². The van der Waals surface area contributed by atoms with Crippen molar-refractivity contribution in [3.63, 3.8) is 0 Å². The lowest BCUT2D eigenvalue weighted by Crippen LogP contribution is -2.39. The van der Waals surface area contributed by atoms with Gasteiger partial charge in [0.15, 0.2) is 0 Å². The van der Waals surface area contributed by atoms with Crippen molar-refractivity contribution in [1.29, 1.82) is 0 Å². The normalized spacial score (nSPS) is 17.7. The molecule has 0 radical (unpaired) electrons. The number of nitrogens with zero attached hydrogens (tertiary/aromatic N) is 3. The van der Waals surface area contributed by atoms with Gasteiger partial charge in [-0.15, -0.1) is 0 Å². The van der Waals surface area contributed by atoms with E-state index in [1.165, 1.54) is 5.56 Å². The second kappa shape index (κ2) is 8.06. The molecule has 31 heavy (non-hydrogen) atoms. The number of aryl methyl sites for hydroxylation is 1. The van der Waals surface area contributed by atoms with E-state index >= 15 is 0 Å². The Morgan fingerprint density at radius 1 is 1.16 bits per heavy atom. The molecule has 7 heteroatoms. The number of hydrogen-bond acceptors (Lipinski definition) is 4. The number of anilines is 1. The molecule has 1 unspecified atom stereocenters. The van der Waals surface area contributed by atoms with Crippen LogP contribution in [0.25, 0.3) is 10.9 Å². The number of carbonyl (C=O) groups excluding carboxylic acids is 1. The highest BCUT2D eigenvalue weighted by atomic mass is 16.5. The molecule has 2 amide bonds. The summed E-state index contributed by atoms with van der Waals surface area (Å²) in [5.74, 6) is 1.69. The topological polar surface area (TPSA) is 76.5 Å². The quantitative estimate of drug-likeness (QED) is 0.703. The number of amides is 2. The van der Waals surface area contributed by atoms with E-state index in [2.05, 4.69) is 22.4 Å². The SMILES string of the molecule is COc1ccc(CC2CCCN2C(=O)Nc2ccc3nc4n(c(=O)c3c2)CCC4)cc1. The van der Waals surface area contributed by atoms with E-state index in [0.717, 1.165) is 50.2 Å². The second-order valence-corrected chi connectivity index (χ2v) is 8.29. The molecule has 1 aromatic heterocycles. The van der Waals surface area contributed by atoms with Gasteiger partial charge in [-0.2, -0.15) is 0 Å². The smallest absolute Gasteiger partial charge is 0.322 e. The number of urea groups is 1. The number of rotatable bonds is 4. The Labute approximate surface area is 180 Å². The summed E-state index contributed by atoms with van der Waals surface area (Å²) in [6.45, 7) is 1.45. The average Bonchev–Trinajstić information content (AvgIpc) is 3.44. The van der Waals surface area contributed by atoms with Gasteiger partial charge < -0.3 is 15.0 Å². The molecule has 1 saturated heterocycles. The molecular weight excluding hydrogens is 392 g/mol. The molecule has 5 rings (SSSR count). The third-order valence-electron chi connectivity index (χ3n) is 6.33. The third kappa shape index (κ3) is 3.76. The predicted molar refractivity (Wildman–Crippen MR) is 120 cm³/mol. The van der Waals surface area contributed by atoms with E-state index in [0.29, 0.717) is 23.1 Å². The molecule has 1 fully saturated rings. The summed E-state index contributed by atoms with van der Waals surface area (Å²) in [5.41, 5.74) is 2.48. The monoisotopic (exact) mass is 418 g/mol. The number of benzene rings is 2. The zero-order chi connectivity index (χ0) is 21.4. The number of likely N-dealkylation sites (tertiary alicyclic amines) is 1. The van der Waals surface area contributed by atoms with E-state index in [1.54, 1.807) is 17.7 Å². The molecule has 0 spiro atoms. The first kappa shape index (κ1) is 19.6. The molecule has 0 saturated carbocycles. The largest absolute Gasteiger partial charge is 0.497 e. The molecule has 3 aromatic rings. The molecular formula is C24H26N4O3. The molecule has 2 aromatic carbocycles. The van der Waals surface area contributed by atoms with E-state index in [-0.39, 0.29) is 17.6 Å². The maximum Gasteiger partial charge on any atom is 0.322 e. The van der Waals surface area contributed by atoms with Gasteiger partial charge in [-0.1, -0.05) is 12.1 Å². The summed E-state index contributed by atoms with van der Waals surface area (Å²) in [6, 6.07) is 13.4. The highest BCUT2D eigenvalue weighted by Crippen LogP contribution is 2.24. The van der Waals surface area contributed by atoms with E-state index < -0.39 is 0 Å². The Hall–Kier alpha value is -3.35. The van der Waals surface area contributed by atoms with Crippen LogP contribution in [-0.2, 0) is 19.4 Å². The minimum atomic E-state index is -0.121. The van der Waals surface area contributed by atoms with Crippen LogP contribution in [0.15, 0.2) is 47.3 Å². The lowest BCUT2D eigenvalue weighted by molar-refractivity contribution is 0.206. The third-order valence-corrected chi connectivity index (χ3v) is 6.33. The lowest BCUT2D eigenvalue weighted by atomic mass is 10.0. The van der Waals surface area contributed by atoms with Crippen molar-refractivity contribution in [2.45, 2.75) is 44.7 Å². The van der Waals surface area contributed by atoms with Crippen LogP contribution in [0.4, 0.5) is 10.5 Å². The van der Waals surface area contributed by atoms with Crippen LogP contribution in [-0.4, -0.2) is 40.2 Å². The first-order valence-electron chi connectivity index (χ1n) is 10.9. The zero-order valence-corrected chi connectivity index (χ0v) is 17.6. The number of ether oxygens (including phenoxy) is 1. The van der Waals surface area contributed by atoms with Crippen LogP contribution in [0.1, 0.15) is 30.7 Å². The fourth-order valence-corrected chi connectivity index (χ4v) is 4.71. The minimum Gasteiger partial charge on any atom is -0.497 e. The van der Waals surface area contributed by atoms with Gasteiger partial charge in [0.2, 0.25) is 0 Å². The van der Waals surface area contributed by atoms with Crippen molar-refractivity contribution in [2.75, 3.05) is 19.0 Å². The van der Waals surface area contributed by atoms with Gasteiger partial charge in [0, 0.05) is 31.2 Å². The standard InChI is InChI=1S/C24H26N4O3/c1-31-19-9-6-16(7-10-19)14-18-4-2-12-27(18)24(30)25-17-8-11-21-20(15-17)23(29)28-13-3-5-22(28)26-21/h6-11,15,18H,2-5,12-14H2,1H3,(H,25,30). The number of fused-ring (bicyclic) bond motifs is 2. The first-order chi connectivity index (χ1) is 15.1. The maximum absolute atomic E-state index is 13.0. The molecule has 1 atom stereocenters. The Bertz CT molecular complexity index is 1190. The number of nitrogens with one attached hydrogen (secondary N) is 1. The van der Waals surface area contributed by atoms with Crippen LogP contribution >= 0.6 is 0 Å². The predicted octanol–water partition coefficient (Wildman–Crippen LogP) is 3.59. The molecule has 1 N–H and O–H groups in total. The second-order valence-electron chi connectivity index (χ2n) is 8.29. The van der Waals surface area contributed by atoms with Crippen LogP contribution in [0.2, 0.25) is 0 Å². The van der Waals surface area contributed by atoms with Crippen molar-refractivity contribution in [3.05, 3.63) is 64.2 Å². The van der Waals surface area contributed by atoms with Crippen LogP contribution < -0.4 is 15.6 Å². The van der Waals surface area contributed by atoms with Gasteiger partial charge in [0.05, 0.1) is 18.0 Å². The maximum atomic E-state index is 13.0. The van der Waals surface area contributed by atoms with Crippen molar-refractivity contribution in [2.24, 2.45) is 0 Å². The molecule has 7 nitrogen and oxygen atoms in total. The lowest BCUT2D eigenvalue weighted by Gasteiger charge is -2.25. The summed E-state index contributed by atoms with van der Waals surface area (Å²) in [4.78, 5) is 32.3. The number of hydrogen-bond donors (Lipinski definition) is 1. The number of carbonyl (C=O) groups is 1. The molecule has 0 aliphatic carbocycles. The van der Waals surface area contributed by atoms with E-state index in [4.69, 9.17) is 4.74 Å². The van der Waals surface area contributed by atoms with Gasteiger partial charge >= 0.3 is 6.03 Å². The van der Waals surface area contributed by atoms with Gasteiger partial charge in [-0.3, -0.25) is 9.36 Å².